The number of ether oxygens (including phenoxy) is 2. The Balaban J connectivity index is 0.000000246. The van der Waals surface area contributed by atoms with Gasteiger partial charge in [0.15, 0.2) is 0 Å². The third-order valence-corrected chi connectivity index (χ3v) is 8.96. The zero-order valence-electron chi connectivity index (χ0n) is 27.3. The van der Waals surface area contributed by atoms with Gasteiger partial charge in [-0.15, -0.1) is 59.6 Å². The summed E-state index contributed by atoms with van der Waals surface area (Å²) in [6, 6.07) is 47.3. The quantitative estimate of drug-likeness (QED) is 0.133. The Morgan fingerprint density at radius 1 is 0.592 bits per heavy atom. The standard InChI is InChI=1S/C32H23BNO2.C11H8N.Ir/c1-19-14-15-22(20(2)16-19)24-18-34-27(17-21(24)3)23-8-6-10-26-32(23)36-30-13-7-12-29-31(30)33(26)25-9-4-5-11-28(25)35-29;1-2-6-10(7-3-1)11-8-4-5-9-12-11;/h4-7,9-18H,1-3H3;1-6,8-9H;/q2*-1;. The van der Waals surface area contributed by atoms with Crippen LogP contribution < -0.4 is 25.9 Å². The van der Waals surface area contributed by atoms with Crippen molar-refractivity contribution in [2.24, 2.45) is 0 Å². The molecule has 9 rings (SSSR count). The summed E-state index contributed by atoms with van der Waals surface area (Å²) in [6.45, 7) is 6.46. The van der Waals surface area contributed by atoms with Crippen molar-refractivity contribution < 1.29 is 29.6 Å². The molecule has 2 aliphatic rings. The molecule has 0 atom stereocenters. The van der Waals surface area contributed by atoms with Gasteiger partial charge in [-0.1, -0.05) is 71.8 Å². The van der Waals surface area contributed by atoms with E-state index < -0.39 is 0 Å². The molecule has 2 aromatic heterocycles. The number of aromatic nitrogens is 2. The first kappa shape index (κ1) is 32.3. The van der Waals surface area contributed by atoms with Gasteiger partial charge in [0.1, 0.15) is 17.2 Å². The van der Waals surface area contributed by atoms with E-state index in [1.54, 1.807) is 6.20 Å². The molecule has 49 heavy (non-hydrogen) atoms. The van der Waals surface area contributed by atoms with Gasteiger partial charge in [0.25, 0.3) is 0 Å². The topological polar surface area (TPSA) is 44.2 Å². The minimum Gasteiger partial charge on any atom is -0.503 e. The SMILES string of the molecule is Cc1ccc(-c2cnc(-c3[c-]ccc4c3Oc3cccc5c3B4c3ccccc3O5)cc2C)c(C)c1.[Ir].[c-]1ccccc1-c1ccccn1. The molecule has 0 N–H and O–H groups in total. The van der Waals surface area contributed by atoms with Crippen LogP contribution >= 0.6 is 0 Å². The van der Waals surface area contributed by atoms with E-state index in [0.29, 0.717) is 0 Å². The number of para-hydroxylation sites is 1. The van der Waals surface area contributed by atoms with Crippen LogP contribution in [0.5, 0.6) is 23.0 Å². The third-order valence-electron chi connectivity index (χ3n) is 8.96. The summed E-state index contributed by atoms with van der Waals surface area (Å²) in [5, 5.41) is 0. The molecule has 6 heteroatoms. The summed E-state index contributed by atoms with van der Waals surface area (Å²) < 4.78 is 12.8. The van der Waals surface area contributed by atoms with Crippen LogP contribution in [-0.2, 0) is 20.1 Å². The third kappa shape index (κ3) is 6.10. The molecule has 0 saturated heterocycles. The Hall–Kier alpha value is -5.29. The van der Waals surface area contributed by atoms with Gasteiger partial charge in [0, 0.05) is 49.3 Å². The molecule has 0 saturated carbocycles. The Labute approximate surface area is 301 Å². The first-order valence-electron chi connectivity index (χ1n) is 16.1. The molecule has 5 aromatic carbocycles. The number of pyridine rings is 2. The fraction of sp³-hybridized carbons (Fsp3) is 0.0698. The van der Waals surface area contributed by atoms with Crippen molar-refractivity contribution in [1.29, 1.82) is 0 Å². The second-order valence-electron chi connectivity index (χ2n) is 12.2. The second-order valence-corrected chi connectivity index (χ2v) is 12.2. The molecule has 7 aromatic rings. The number of rotatable bonds is 3. The molecular formula is C43H31BIrN2O2-2. The molecule has 0 amide bonds. The minimum atomic E-state index is 0. The maximum atomic E-state index is 6.56. The normalized spacial score (nSPS) is 11.7. The molecule has 0 spiro atoms. The van der Waals surface area contributed by atoms with E-state index in [0.717, 1.165) is 67.5 Å². The van der Waals surface area contributed by atoms with Gasteiger partial charge in [-0.2, -0.15) is 0 Å². The van der Waals surface area contributed by atoms with Crippen LogP contribution in [0.2, 0.25) is 0 Å². The smallest absolute Gasteiger partial charge is 0.241 e. The van der Waals surface area contributed by atoms with E-state index in [4.69, 9.17) is 14.5 Å². The minimum absolute atomic E-state index is 0. The van der Waals surface area contributed by atoms with Gasteiger partial charge in [-0.05, 0) is 78.6 Å². The van der Waals surface area contributed by atoms with Gasteiger partial charge in [-0.25, -0.2) is 0 Å². The summed E-state index contributed by atoms with van der Waals surface area (Å²) in [4.78, 5) is 9.12. The Morgan fingerprint density at radius 2 is 1.37 bits per heavy atom. The maximum Gasteiger partial charge on any atom is 0.241 e. The van der Waals surface area contributed by atoms with E-state index >= 15 is 0 Å². The van der Waals surface area contributed by atoms with E-state index in [1.165, 1.54) is 22.3 Å². The molecule has 4 nitrogen and oxygen atoms in total. The average molecular weight is 811 g/mol. The summed E-state index contributed by atoms with van der Waals surface area (Å²) in [6.07, 6.45) is 3.77. The van der Waals surface area contributed by atoms with Crippen LogP contribution in [0.4, 0.5) is 0 Å². The van der Waals surface area contributed by atoms with Crippen LogP contribution in [0.15, 0.2) is 134 Å². The first-order valence-corrected chi connectivity index (χ1v) is 16.1. The van der Waals surface area contributed by atoms with Crippen molar-refractivity contribution in [1.82, 2.24) is 9.97 Å². The molecule has 0 fully saturated rings. The summed E-state index contributed by atoms with van der Waals surface area (Å²) in [7, 11) is 0. The van der Waals surface area contributed by atoms with Crippen LogP contribution in [-0.4, -0.2) is 16.7 Å². The van der Waals surface area contributed by atoms with Crippen molar-refractivity contribution in [2.75, 3.05) is 0 Å². The number of hydrogen-bond donors (Lipinski definition) is 0. The largest absolute Gasteiger partial charge is 0.503 e. The number of benzene rings is 5. The second kappa shape index (κ2) is 13.7. The summed E-state index contributed by atoms with van der Waals surface area (Å²) in [5.74, 6) is 3.38. The zero-order chi connectivity index (χ0) is 32.6. The van der Waals surface area contributed by atoms with Crippen molar-refractivity contribution >= 4 is 23.1 Å². The average Bonchev–Trinajstić information content (AvgIpc) is 3.13. The number of aryl methyl sites for hydroxylation is 3. The van der Waals surface area contributed by atoms with Gasteiger partial charge in [0.2, 0.25) is 6.71 Å². The van der Waals surface area contributed by atoms with Crippen molar-refractivity contribution in [3.8, 4) is 56.6 Å². The maximum absolute atomic E-state index is 6.56. The van der Waals surface area contributed by atoms with Crippen LogP contribution in [0.25, 0.3) is 33.6 Å². The van der Waals surface area contributed by atoms with Gasteiger partial charge in [-0.3, -0.25) is 0 Å². The number of hydrogen-bond acceptors (Lipinski definition) is 4. The monoisotopic (exact) mass is 811 g/mol. The molecule has 0 unspecified atom stereocenters. The number of fused-ring (bicyclic) bond motifs is 4. The Kier molecular flexibility index (Phi) is 9.01. The fourth-order valence-electron chi connectivity index (χ4n) is 6.70. The molecule has 0 bridgehead atoms. The summed E-state index contributed by atoms with van der Waals surface area (Å²) in [5.41, 5.74) is 13.1. The van der Waals surface area contributed by atoms with Crippen LogP contribution in [0.3, 0.4) is 0 Å². The Morgan fingerprint density at radius 3 is 2.14 bits per heavy atom. The summed E-state index contributed by atoms with van der Waals surface area (Å²) >= 11 is 0. The number of nitrogens with zero attached hydrogens (tertiary/aromatic N) is 2. The predicted octanol–water partition coefficient (Wildman–Crippen LogP) is 8.41. The molecule has 2 aliphatic heterocycles. The first-order chi connectivity index (χ1) is 23.5. The van der Waals surface area contributed by atoms with Gasteiger partial charge in [0.05, 0.1) is 0 Å². The molecule has 239 valence electrons. The van der Waals surface area contributed by atoms with Crippen molar-refractivity contribution in [3.63, 3.8) is 0 Å². The van der Waals surface area contributed by atoms with E-state index in [-0.39, 0.29) is 26.8 Å². The van der Waals surface area contributed by atoms with Crippen molar-refractivity contribution in [2.45, 2.75) is 20.8 Å². The molecule has 0 aliphatic carbocycles. The van der Waals surface area contributed by atoms with Crippen molar-refractivity contribution in [3.05, 3.63) is 163 Å². The zero-order valence-corrected chi connectivity index (χ0v) is 29.7. The van der Waals surface area contributed by atoms with Gasteiger partial charge < -0.3 is 19.4 Å². The molecular weight excluding hydrogens is 780 g/mol. The van der Waals surface area contributed by atoms with E-state index in [2.05, 4.69) is 80.4 Å². The Bertz CT molecular complexity index is 2260. The molecule has 1 radical (unpaired) electrons. The van der Waals surface area contributed by atoms with Gasteiger partial charge >= 0.3 is 0 Å². The van der Waals surface area contributed by atoms with Crippen LogP contribution in [0.1, 0.15) is 16.7 Å². The predicted molar refractivity (Wildman–Crippen MR) is 194 cm³/mol. The van der Waals surface area contributed by atoms with E-state index in [9.17, 15) is 0 Å². The fourth-order valence-corrected chi connectivity index (χ4v) is 6.70. The van der Waals surface area contributed by atoms with E-state index in [1.807, 2.05) is 85.1 Å². The molecule has 4 heterocycles. The van der Waals surface area contributed by atoms with Crippen LogP contribution in [0, 0.1) is 32.9 Å².